The van der Waals surface area contributed by atoms with Crippen LogP contribution in [0.1, 0.15) is 31.2 Å². The predicted octanol–water partition coefficient (Wildman–Crippen LogP) is 2.82. The molecule has 20 heavy (non-hydrogen) atoms. The minimum absolute atomic E-state index is 0.413. The Morgan fingerprint density at radius 1 is 1.35 bits per heavy atom. The molecule has 0 saturated heterocycles. The quantitative estimate of drug-likeness (QED) is 0.774. The Balaban J connectivity index is 1.80. The van der Waals surface area contributed by atoms with E-state index in [2.05, 4.69) is 10.6 Å². The summed E-state index contributed by atoms with van der Waals surface area (Å²) in [7, 11) is 1.78. The van der Waals surface area contributed by atoms with Gasteiger partial charge in [-0.3, -0.25) is 5.32 Å². The van der Waals surface area contributed by atoms with Gasteiger partial charge >= 0.3 is 6.09 Å². The van der Waals surface area contributed by atoms with Crippen molar-refractivity contribution in [3.63, 3.8) is 0 Å². The number of benzene rings is 1. The molecule has 1 aromatic rings. The van der Waals surface area contributed by atoms with E-state index < -0.39 is 6.09 Å². The van der Waals surface area contributed by atoms with Crippen molar-refractivity contribution >= 4 is 11.8 Å². The van der Waals surface area contributed by atoms with Crippen LogP contribution in [-0.4, -0.2) is 30.5 Å². The van der Waals surface area contributed by atoms with Gasteiger partial charge in [0.25, 0.3) is 0 Å². The molecule has 0 atom stereocenters. The lowest BCUT2D eigenvalue weighted by atomic mass is 9.93. The summed E-state index contributed by atoms with van der Waals surface area (Å²) in [6.07, 6.45) is 3.85. The number of hydrogen-bond donors (Lipinski definition) is 3. The molecule has 1 aromatic carbocycles. The highest BCUT2D eigenvalue weighted by atomic mass is 16.5. The van der Waals surface area contributed by atoms with E-state index in [1.165, 1.54) is 0 Å². The maximum Gasteiger partial charge on any atom is 0.409 e. The zero-order valence-electron chi connectivity index (χ0n) is 11.8. The molecule has 1 saturated carbocycles. The van der Waals surface area contributed by atoms with Gasteiger partial charge in [-0.25, -0.2) is 4.79 Å². The Hall–Kier alpha value is -1.59. The molecule has 1 amide bonds. The smallest absolute Gasteiger partial charge is 0.409 e. The largest absolute Gasteiger partial charge is 0.465 e. The zero-order valence-corrected chi connectivity index (χ0v) is 11.8. The standard InChI is InChI=1S/C15H22N2O3/c1-20-14-7-5-12(6-8-14)16-10-11-3-2-4-13(9-11)17-15(18)19/h2-4,9,12,14,16-17H,5-8,10H2,1H3,(H,18,19). The minimum atomic E-state index is -1.03. The number of nitrogens with one attached hydrogen (secondary N) is 2. The van der Waals surface area contributed by atoms with E-state index in [9.17, 15) is 4.79 Å². The molecule has 1 aliphatic carbocycles. The third kappa shape index (κ3) is 4.51. The lowest BCUT2D eigenvalue weighted by Crippen LogP contribution is -2.34. The van der Waals surface area contributed by atoms with Crippen molar-refractivity contribution in [2.24, 2.45) is 0 Å². The van der Waals surface area contributed by atoms with Gasteiger partial charge in [0.05, 0.1) is 6.10 Å². The van der Waals surface area contributed by atoms with Gasteiger partial charge in [0.2, 0.25) is 0 Å². The summed E-state index contributed by atoms with van der Waals surface area (Å²) in [6.45, 7) is 0.761. The molecule has 0 unspecified atom stereocenters. The second kappa shape index (κ2) is 7.26. The first kappa shape index (κ1) is 14.8. The highest BCUT2D eigenvalue weighted by Gasteiger charge is 2.20. The van der Waals surface area contributed by atoms with Crippen LogP contribution in [0, 0.1) is 0 Å². The van der Waals surface area contributed by atoms with E-state index in [4.69, 9.17) is 9.84 Å². The topological polar surface area (TPSA) is 70.6 Å². The maximum absolute atomic E-state index is 10.6. The SMILES string of the molecule is COC1CCC(NCc2cccc(NC(=O)O)c2)CC1. The average Bonchev–Trinajstić information content (AvgIpc) is 2.45. The van der Waals surface area contributed by atoms with Crippen LogP contribution in [0.3, 0.4) is 0 Å². The highest BCUT2D eigenvalue weighted by Crippen LogP contribution is 2.21. The van der Waals surface area contributed by atoms with E-state index in [1.54, 1.807) is 13.2 Å². The van der Waals surface area contributed by atoms with Crippen molar-refractivity contribution < 1.29 is 14.6 Å². The number of methoxy groups -OCH3 is 1. The lowest BCUT2D eigenvalue weighted by molar-refractivity contribution is 0.0624. The maximum atomic E-state index is 10.6. The minimum Gasteiger partial charge on any atom is -0.465 e. The molecule has 2 rings (SSSR count). The van der Waals surface area contributed by atoms with Crippen LogP contribution in [-0.2, 0) is 11.3 Å². The summed E-state index contributed by atoms with van der Waals surface area (Å²) < 4.78 is 5.36. The van der Waals surface area contributed by atoms with E-state index >= 15 is 0 Å². The first-order valence-corrected chi connectivity index (χ1v) is 7.02. The summed E-state index contributed by atoms with van der Waals surface area (Å²) >= 11 is 0. The first-order valence-electron chi connectivity index (χ1n) is 7.02. The second-order valence-corrected chi connectivity index (χ2v) is 5.22. The molecule has 1 aliphatic rings. The Morgan fingerprint density at radius 3 is 2.75 bits per heavy atom. The van der Waals surface area contributed by atoms with E-state index in [1.807, 2.05) is 18.2 Å². The number of amides is 1. The van der Waals surface area contributed by atoms with Gasteiger partial charge < -0.3 is 15.2 Å². The van der Waals surface area contributed by atoms with Crippen LogP contribution in [0.5, 0.6) is 0 Å². The first-order chi connectivity index (χ1) is 9.67. The summed E-state index contributed by atoms with van der Waals surface area (Å²) in [5.41, 5.74) is 1.70. The van der Waals surface area contributed by atoms with Crippen molar-refractivity contribution in [1.82, 2.24) is 5.32 Å². The third-order valence-corrected chi connectivity index (χ3v) is 3.78. The van der Waals surface area contributed by atoms with E-state index in [0.717, 1.165) is 37.8 Å². The summed E-state index contributed by atoms with van der Waals surface area (Å²) in [4.78, 5) is 10.6. The molecule has 5 heteroatoms. The molecule has 0 bridgehead atoms. The van der Waals surface area contributed by atoms with E-state index in [-0.39, 0.29) is 0 Å². The van der Waals surface area contributed by atoms with Crippen LogP contribution in [0.2, 0.25) is 0 Å². The Kier molecular flexibility index (Phi) is 5.38. The van der Waals surface area contributed by atoms with Crippen molar-refractivity contribution in [1.29, 1.82) is 0 Å². The van der Waals surface area contributed by atoms with Gasteiger partial charge in [-0.2, -0.15) is 0 Å². The van der Waals surface area contributed by atoms with Gasteiger partial charge in [0, 0.05) is 25.4 Å². The number of anilines is 1. The lowest BCUT2D eigenvalue weighted by Gasteiger charge is -2.28. The average molecular weight is 278 g/mol. The van der Waals surface area contributed by atoms with Crippen LogP contribution >= 0.6 is 0 Å². The van der Waals surface area contributed by atoms with Crippen LogP contribution in [0.25, 0.3) is 0 Å². The number of ether oxygens (including phenoxy) is 1. The summed E-state index contributed by atoms with van der Waals surface area (Å²) in [5, 5.41) is 14.6. The molecule has 0 spiro atoms. The molecular formula is C15H22N2O3. The van der Waals surface area contributed by atoms with Gasteiger partial charge in [-0.15, -0.1) is 0 Å². The molecule has 0 aliphatic heterocycles. The molecule has 5 nitrogen and oxygen atoms in total. The van der Waals surface area contributed by atoms with Crippen LogP contribution < -0.4 is 10.6 Å². The fourth-order valence-electron chi connectivity index (χ4n) is 2.65. The molecule has 0 aromatic heterocycles. The fourth-order valence-corrected chi connectivity index (χ4v) is 2.65. The molecule has 0 radical (unpaired) electrons. The summed E-state index contributed by atoms with van der Waals surface area (Å²) in [5.74, 6) is 0. The zero-order chi connectivity index (χ0) is 14.4. The summed E-state index contributed by atoms with van der Waals surface area (Å²) in [6, 6.07) is 8.01. The van der Waals surface area contributed by atoms with Crippen molar-refractivity contribution in [2.75, 3.05) is 12.4 Å². The second-order valence-electron chi connectivity index (χ2n) is 5.22. The van der Waals surface area contributed by atoms with Crippen molar-refractivity contribution in [3.8, 4) is 0 Å². The highest BCUT2D eigenvalue weighted by molar-refractivity contribution is 5.82. The van der Waals surface area contributed by atoms with Crippen molar-refractivity contribution in [3.05, 3.63) is 29.8 Å². The van der Waals surface area contributed by atoms with Crippen LogP contribution in [0.15, 0.2) is 24.3 Å². The molecule has 110 valence electrons. The van der Waals surface area contributed by atoms with E-state index in [0.29, 0.717) is 17.8 Å². The van der Waals surface area contributed by atoms with Crippen LogP contribution in [0.4, 0.5) is 10.5 Å². The predicted molar refractivity (Wildman–Crippen MR) is 78.0 cm³/mol. The molecule has 0 heterocycles. The van der Waals surface area contributed by atoms with Gasteiger partial charge in [-0.1, -0.05) is 12.1 Å². The van der Waals surface area contributed by atoms with Crippen molar-refractivity contribution in [2.45, 2.75) is 44.4 Å². The third-order valence-electron chi connectivity index (χ3n) is 3.78. The number of rotatable bonds is 5. The van der Waals surface area contributed by atoms with Gasteiger partial charge in [0.15, 0.2) is 0 Å². The molecular weight excluding hydrogens is 256 g/mol. The number of carbonyl (C=O) groups is 1. The normalized spacial score (nSPS) is 22.4. The number of hydrogen-bond acceptors (Lipinski definition) is 3. The Labute approximate surface area is 119 Å². The Bertz CT molecular complexity index is 442. The monoisotopic (exact) mass is 278 g/mol. The van der Waals surface area contributed by atoms with Gasteiger partial charge in [0.1, 0.15) is 0 Å². The number of carboxylic acid groups (broad SMARTS) is 1. The molecule has 1 fully saturated rings. The fraction of sp³-hybridized carbons (Fsp3) is 0.533. The Morgan fingerprint density at radius 2 is 2.10 bits per heavy atom. The molecule has 3 N–H and O–H groups in total. The van der Waals surface area contributed by atoms with Gasteiger partial charge in [-0.05, 0) is 43.4 Å².